The first kappa shape index (κ1) is 18.1. The first-order valence-electron chi connectivity index (χ1n) is 9.96. The van der Waals surface area contributed by atoms with E-state index in [1.54, 1.807) is 5.56 Å². The van der Waals surface area contributed by atoms with E-state index in [0.29, 0.717) is 12.5 Å². The van der Waals surface area contributed by atoms with Crippen molar-refractivity contribution in [2.24, 2.45) is 0 Å². The van der Waals surface area contributed by atoms with E-state index in [1.165, 1.54) is 37.5 Å². The van der Waals surface area contributed by atoms with Gasteiger partial charge in [-0.25, -0.2) is 4.79 Å². The molecule has 2 atom stereocenters. The molecule has 2 aromatic carbocycles. The van der Waals surface area contributed by atoms with Crippen LogP contribution < -0.4 is 0 Å². The lowest BCUT2D eigenvalue weighted by Gasteiger charge is -2.41. The molecule has 0 aromatic heterocycles. The van der Waals surface area contributed by atoms with Gasteiger partial charge in [0.05, 0.1) is 13.2 Å². The van der Waals surface area contributed by atoms with Crippen LogP contribution in [0.25, 0.3) is 0 Å². The zero-order chi connectivity index (χ0) is 18.6. The highest BCUT2D eigenvalue weighted by Gasteiger charge is 2.32. The summed E-state index contributed by atoms with van der Waals surface area (Å²) in [7, 11) is 1.47. The van der Waals surface area contributed by atoms with Gasteiger partial charge in [0.15, 0.2) is 0 Å². The van der Waals surface area contributed by atoms with Gasteiger partial charge in [0.2, 0.25) is 0 Å². The van der Waals surface area contributed by atoms with Crippen LogP contribution in [0.15, 0.2) is 54.6 Å². The third kappa shape index (κ3) is 3.86. The van der Waals surface area contributed by atoms with Gasteiger partial charge in [0.1, 0.15) is 0 Å². The number of nitrogens with zero attached hydrogens (tertiary/aromatic N) is 2. The lowest BCUT2D eigenvalue weighted by atomic mass is 9.97. The van der Waals surface area contributed by atoms with Crippen LogP contribution in [0.2, 0.25) is 0 Å². The molecule has 4 heteroatoms. The minimum absolute atomic E-state index is 0.0586. The molecule has 142 valence electrons. The molecule has 0 saturated carbocycles. The number of carbonyl (C=O) groups excluding carboxylic acids is 1. The van der Waals surface area contributed by atoms with E-state index in [2.05, 4.69) is 41.3 Å². The number of hydrogen-bond donors (Lipinski definition) is 0. The van der Waals surface area contributed by atoms with Crippen LogP contribution in [0.4, 0.5) is 4.79 Å². The second-order valence-electron chi connectivity index (χ2n) is 7.61. The highest BCUT2D eigenvalue weighted by Crippen LogP contribution is 2.36. The van der Waals surface area contributed by atoms with Crippen molar-refractivity contribution in [1.29, 1.82) is 0 Å². The van der Waals surface area contributed by atoms with Crippen LogP contribution in [0.1, 0.15) is 41.5 Å². The second-order valence-corrected chi connectivity index (χ2v) is 7.61. The van der Waals surface area contributed by atoms with Gasteiger partial charge in [-0.2, -0.15) is 0 Å². The van der Waals surface area contributed by atoms with E-state index in [1.807, 2.05) is 23.1 Å². The SMILES string of the molecule is COC(=O)N1CCN(CCC2CCc3ccccc32)CC1c1ccccc1. The van der Waals surface area contributed by atoms with E-state index >= 15 is 0 Å². The predicted molar refractivity (Wildman–Crippen MR) is 107 cm³/mol. The number of hydrogen-bond acceptors (Lipinski definition) is 3. The zero-order valence-corrected chi connectivity index (χ0v) is 16.0. The summed E-state index contributed by atoms with van der Waals surface area (Å²) in [5.74, 6) is 0.676. The van der Waals surface area contributed by atoms with Gasteiger partial charge in [-0.3, -0.25) is 9.80 Å². The van der Waals surface area contributed by atoms with Crippen molar-refractivity contribution in [3.8, 4) is 0 Å². The average molecular weight is 364 g/mol. The third-order valence-electron chi connectivity index (χ3n) is 6.11. The van der Waals surface area contributed by atoms with Gasteiger partial charge >= 0.3 is 6.09 Å². The third-order valence-corrected chi connectivity index (χ3v) is 6.11. The molecule has 1 fully saturated rings. The number of aryl methyl sites for hydroxylation is 1. The molecular formula is C23H28N2O2. The molecule has 0 radical (unpaired) electrons. The molecule has 0 spiro atoms. The second kappa shape index (κ2) is 8.13. The lowest BCUT2D eigenvalue weighted by Crippen LogP contribution is -2.50. The molecule has 1 aliphatic carbocycles. The Labute approximate surface area is 161 Å². The molecule has 2 unspecified atom stereocenters. The van der Waals surface area contributed by atoms with Crippen LogP contribution in [0, 0.1) is 0 Å². The summed E-state index contributed by atoms with van der Waals surface area (Å²) in [4.78, 5) is 16.6. The molecule has 27 heavy (non-hydrogen) atoms. The Balaban J connectivity index is 1.42. The Kier molecular flexibility index (Phi) is 5.44. The number of rotatable bonds is 4. The largest absolute Gasteiger partial charge is 0.453 e. The molecule has 2 aliphatic rings. The number of methoxy groups -OCH3 is 1. The van der Waals surface area contributed by atoms with E-state index < -0.39 is 0 Å². The maximum atomic E-state index is 12.2. The number of piperazine rings is 1. The molecule has 0 N–H and O–H groups in total. The summed E-state index contributed by atoms with van der Waals surface area (Å²) < 4.78 is 5.03. The Morgan fingerprint density at radius 1 is 1.07 bits per heavy atom. The van der Waals surface area contributed by atoms with Gasteiger partial charge in [0, 0.05) is 19.6 Å². The van der Waals surface area contributed by atoms with E-state index in [0.717, 1.165) is 19.6 Å². The standard InChI is InChI=1S/C23H28N2O2/c1-27-23(26)25-16-15-24(17-22(25)20-8-3-2-4-9-20)14-13-19-12-11-18-7-5-6-10-21(18)19/h2-10,19,22H,11-17H2,1H3. The van der Waals surface area contributed by atoms with Crippen LogP contribution in [0.5, 0.6) is 0 Å². The Bertz CT molecular complexity index is 777. The summed E-state index contributed by atoms with van der Waals surface area (Å²) in [5, 5.41) is 0. The fourth-order valence-electron chi connectivity index (χ4n) is 4.62. The van der Waals surface area contributed by atoms with Gasteiger partial charge in [0.25, 0.3) is 0 Å². The van der Waals surface area contributed by atoms with Crippen LogP contribution in [0.3, 0.4) is 0 Å². The highest BCUT2D eigenvalue weighted by atomic mass is 16.5. The molecule has 1 amide bonds. The van der Waals surface area contributed by atoms with Crippen molar-refractivity contribution in [3.05, 3.63) is 71.3 Å². The Hall–Kier alpha value is -2.33. The molecule has 1 heterocycles. The number of carbonyl (C=O) groups is 1. The van der Waals surface area contributed by atoms with Crippen LogP contribution in [-0.4, -0.2) is 49.2 Å². The first-order chi connectivity index (χ1) is 13.3. The normalized spacial score (nSPS) is 22.5. The first-order valence-corrected chi connectivity index (χ1v) is 9.96. The maximum absolute atomic E-state index is 12.2. The Morgan fingerprint density at radius 3 is 2.67 bits per heavy atom. The minimum Gasteiger partial charge on any atom is -0.453 e. The molecular weight excluding hydrogens is 336 g/mol. The summed E-state index contributed by atoms with van der Waals surface area (Å²) in [6.45, 7) is 3.57. The van der Waals surface area contributed by atoms with E-state index in [4.69, 9.17) is 4.74 Å². The summed E-state index contributed by atoms with van der Waals surface area (Å²) in [6.07, 6.45) is 3.44. The Morgan fingerprint density at radius 2 is 1.85 bits per heavy atom. The number of benzene rings is 2. The van der Waals surface area contributed by atoms with Gasteiger partial charge in [-0.05, 0) is 48.4 Å². The zero-order valence-electron chi connectivity index (χ0n) is 16.0. The van der Waals surface area contributed by atoms with Gasteiger partial charge in [-0.15, -0.1) is 0 Å². The fraction of sp³-hybridized carbons (Fsp3) is 0.435. The quantitative estimate of drug-likeness (QED) is 0.814. The van der Waals surface area contributed by atoms with Crippen molar-refractivity contribution < 1.29 is 9.53 Å². The van der Waals surface area contributed by atoms with Crippen molar-refractivity contribution in [2.45, 2.75) is 31.2 Å². The monoisotopic (exact) mass is 364 g/mol. The fourth-order valence-corrected chi connectivity index (χ4v) is 4.62. The van der Waals surface area contributed by atoms with Crippen molar-refractivity contribution in [1.82, 2.24) is 9.80 Å². The number of ether oxygens (including phenoxy) is 1. The molecule has 2 aromatic rings. The van der Waals surface area contributed by atoms with Gasteiger partial charge in [-0.1, -0.05) is 54.6 Å². The molecule has 1 aliphatic heterocycles. The predicted octanol–water partition coefficient (Wildman–Crippen LogP) is 4.23. The van der Waals surface area contributed by atoms with Crippen molar-refractivity contribution in [2.75, 3.05) is 33.3 Å². The number of amides is 1. The highest BCUT2D eigenvalue weighted by molar-refractivity contribution is 5.68. The summed E-state index contributed by atoms with van der Waals surface area (Å²) in [5.41, 5.74) is 4.25. The molecule has 1 saturated heterocycles. The average Bonchev–Trinajstić information content (AvgIpc) is 3.15. The topological polar surface area (TPSA) is 32.8 Å². The summed E-state index contributed by atoms with van der Waals surface area (Å²) >= 11 is 0. The maximum Gasteiger partial charge on any atom is 0.410 e. The van der Waals surface area contributed by atoms with Crippen LogP contribution >= 0.6 is 0 Å². The van der Waals surface area contributed by atoms with Crippen molar-refractivity contribution in [3.63, 3.8) is 0 Å². The van der Waals surface area contributed by atoms with Gasteiger partial charge < -0.3 is 4.74 Å². The minimum atomic E-state index is -0.228. The van der Waals surface area contributed by atoms with E-state index in [9.17, 15) is 4.79 Å². The smallest absolute Gasteiger partial charge is 0.410 e. The van der Waals surface area contributed by atoms with Crippen LogP contribution in [-0.2, 0) is 11.2 Å². The van der Waals surface area contributed by atoms with E-state index in [-0.39, 0.29) is 12.1 Å². The number of fused-ring (bicyclic) bond motifs is 1. The summed E-state index contributed by atoms with van der Waals surface area (Å²) in [6, 6.07) is 19.3. The lowest BCUT2D eigenvalue weighted by molar-refractivity contribution is 0.0556. The van der Waals surface area contributed by atoms with Crippen molar-refractivity contribution >= 4 is 6.09 Å². The molecule has 4 rings (SSSR count). The molecule has 0 bridgehead atoms. The molecule has 4 nitrogen and oxygen atoms in total.